The third-order valence-electron chi connectivity index (χ3n) is 3.15. The molecule has 102 valence electrons. The van der Waals surface area contributed by atoms with Crippen LogP contribution in [0.3, 0.4) is 0 Å². The molecule has 0 radical (unpaired) electrons. The summed E-state index contributed by atoms with van der Waals surface area (Å²) in [6.45, 7) is 1.77. The zero-order valence-electron chi connectivity index (χ0n) is 10.4. The average molecular weight is 265 g/mol. The molecule has 1 heterocycles. The molecule has 6 heteroatoms. The maximum absolute atomic E-state index is 13.3. The number of carbonyl (C=O) groups is 2. The fourth-order valence-electron chi connectivity index (χ4n) is 2.15. The second-order valence-electron chi connectivity index (χ2n) is 4.67. The van der Waals surface area contributed by atoms with Crippen LogP contribution in [0.4, 0.5) is 10.1 Å². The summed E-state index contributed by atoms with van der Waals surface area (Å²) in [6.07, 6.45) is 1.39. The highest BCUT2D eigenvalue weighted by Gasteiger charge is 2.18. The minimum absolute atomic E-state index is 0.143. The van der Waals surface area contributed by atoms with Crippen molar-refractivity contribution >= 4 is 17.5 Å². The van der Waals surface area contributed by atoms with Crippen LogP contribution in [0.25, 0.3) is 0 Å². The van der Waals surface area contributed by atoms with Gasteiger partial charge in [0.1, 0.15) is 5.82 Å². The van der Waals surface area contributed by atoms with Gasteiger partial charge in [0.05, 0.1) is 5.56 Å². The predicted octanol–water partition coefficient (Wildman–Crippen LogP) is 0.863. The summed E-state index contributed by atoms with van der Waals surface area (Å²) in [5.74, 6) is -1.36. The summed E-state index contributed by atoms with van der Waals surface area (Å²) < 4.78 is 13.3. The molecule has 1 unspecified atom stereocenters. The number of rotatable bonds is 4. The molecule has 0 saturated carbocycles. The average Bonchev–Trinajstić information content (AvgIpc) is 2.84. The maximum atomic E-state index is 13.3. The van der Waals surface area contributed by atoms with Crippen LogP contribution in [0.2, 0.25) is 0 Å². The Bertz CT molecular complexity index is 499. The van der Waals surface area contributed by atoms with Crippen molar-refractivity contribution in [2.24, 2.45) is 11.7 Å². The Hall–Kier alpha value is -1.95. The van der Waals surface area contributed by atoms with Gasteiger partial charge in [0, 0.05) is 12.1 Å². The quantitative estimate of drug-likeness (QED) is 0.755. The summed E-state index contributed by atoms with van der Waals surface area (Å²) in [5, 5.41) is 5.83. The number of anilines is 1. The van der Waals surface area contributed by atoms with E-state index in [0.717, 1.165) is 25.6 Å². The number of nitrogens with one attached hydrogen (secondary N) is 2. The first-order valence-corrected chi connectivity index (χ1v) is 6.16. The molecule has 5 nitrogen and oxygen atoms in total. The lowest BCUT2D eigenvalue weighted by molar-refractivity contribution is -0.116. The van der Waals surface area contributed by atoms with Crippen molar-refractivity contribution < 1.29 is 14.0 Å². The van der Waals surface area contributed by atoms with Crippen LogP contribution in [0, 0.1) is 11.7 Å². The largest absolute Gasteiger partial charge is 0.366 e. The number of benzene rings is 1. The Morgan fingerprint density at radius 3 is 2.89 bits per heavy atom. The van der Waals surface area contributed by atoms with Gasteiger partial charge in [-0.05, 0) is 43.6 Å². The van der Waals surface area contributed by atoms with E-state index in [0.29, 0.717) is 18.0 Å². The van der Waals surface area contributed by atoms with E-state index in [9.17, 15) is 14.0 Å². The number of nitrogens with two attached hydrogens (primary N) is 1. The number of carbonyl (C=O) groups excluding carboxylic acids is 2. The van der Waals surface area contributed by atoms with Gasteiger partial charge >= 0.3 is 0 Å². The van der Waals surface area contributed by atoms with Crippen molar-refractivity contribution in [2.75, 3.05) is 18.4 Å². The Kier molecular flexibility index (Phi) is 4.11. The Morgan fingerprint density at radius 1 is 1.47 bits per heavy atom. The summed E-state index contributed by atoms with van der Waals surface area (Å²) in [6, 6.07) is 3.78. The number of primary amides is 1. The first-order chi connectivity index (χ1) is 9.06. The van der Waals surface area contributed by atoms with Gasteiger partial charge in [-0.15, -0.1) is 0 Å². The molecular weight excluding hydrogens is 249 g/mol. The molecule has 1 aliphatic heterocycles. The van der Waals surface area contributed by atoms with Gasteiger partial charge in [0.25, 0.3) is 5.91 Å². The summed E-state index contributed by atoms with van der Waals surface area (Å²) >= 11 is 0. The highest BCUT2D eigenvalue weighted by atomic mass is 19.1. The van der Waals surface area contributed by atoms with Crippen LogP contribution in [-0.2, 0) is 4.79 Å². The van der Waals surface area contributed by atoms with Crippen LogP contribution in [0.15, 0.2) is 18.2 Å². The first-order valence-electron chi connectivity index (χ1n) is 6.16. The maximum Gasteiger partial charge on any atom is 0.251 e. The van der Waals surface area contributed by atoms with E-state index >= 15 is 0 Å². The van der Waals surface area contributed by atoms with Gasteiger partial charge in [-0.25, -0.2) is 4.39 Å². The second-order valence-corrected chi connectivity index (χ2v) is 4.67. The van der Waals surface area contributed by atoms with Crippen LogP contribution in [-0.4, -0.2) is 24.9 Å². The van der Waals surface area contributed by atoms with E-state index in [1.807, 2.05) is 0 Å². The van der Waals surface area contributed by atoms with Crippen molar-refractivity contribution in [3.63, 3.8) is 0 Å². The second kappa shape index (κ2) is 5.79. The molecule has 19 heavy (non-hydrogen) atoms. The third kappa shape index (κ3) is 3.51. The van der Waals surface area contributed by atoms with Crippen molar-refractivity contribution in [1.29, 1.82) is 0 Å². The van der Waals surface area contributed by atoms with Crippen molar-refractivity contribution in [1.82, 2.24) is 5.32 Å². The SMILES string of the molecule is NC(=O)c1cc(NC(=O)CC2CCNC2)ccc1F. The van der Waals surface area contributed by atoms with Gasteiger partial charge in [-0.3, -0.25) is 9.59 Å². The lowest BCUT2D eigenvalue weighted by Gasteiger charge is -2.10. The third-order valence-corrected chi connectivity index (χ3v) is 3.15. The summed E-state index contributed by atoms with van der Waals surface area (Å²) in [7, 11) is 0. The number of hydrogen-bond acceptors (Lipinski definition) is 3. The van der Waals surface area contributed by atoms with Crippen molar-refractivity contribution in [3.8, 4) is 0 Å². The molecule has 1 aromatic rings. The van der Waals surface area contributed by atoms with Gasteiger partial charge < -0.3 is 16.4 Å². The van der Waals surface area contributed by atoms with E-state index in [-0.39, 0.29) is 11.5 Å². The van der Waals surface area contributed by atoms with Crippen LogP contribution in [0.5, 0.6) is 0 Å². The summed E-state index contributed by atoms with van der Waals surface area (Å²) in [4.78, 5) is 22.8. The Morgan fingerprint density at radius 2 is 2.26 bits per heavy atom. The first kappa shape index (κ1) is 13.5. The highest BCUT2D eigenvalue weighted by molar-refractivity contribution is 5.96. The smallest absolute Gasteiger partial charge is 0.251 e. The molecule has 0 aromatic heterocycles. The van der Waals surface area contributed by atoms with Gasteiger partial charge in [0.2, 0.25) is 5.91 Å². The molecule has 0 bridgehead atoms. The van der Waals surface area contributed by atoms with E-state index in [4.69, 9.17) is 5.73 Å². The normalized spacial score (nSPS) is 18.3. The van der Waals surface area contributed by atoms with Crippen molar-refractivity contribution in [2.45, 2.75) is 12.8 Å². The molecule has 0 spiro atoms. The number of amides is 2. The number of hydrogen-bond donors (Lipinski definition) is 3. The minimum atomic E-state index is -0.853. The molecule has 4 N–H and O–H groups in total. The van der Waals surface area contributed by atoms with E-state index in [2.05, 4.69) is 10.6 Å². The fourth-order valence-corrected chi connectivity index (χ4v) is 2.15. The minimum Gasteiger partial charge on any atom is -0.366 e. The lowest BCUT2D eigenvalue weighted by atomic mass is 10.0. The molecule has 1 aromatic carbocycles. The standard InChI is InChI=1S/C13H16FN3O2/c14-11-2-1-9(6-10(11)13(15)19)17-12(18)5-8-3-4-16-7-8/h1-2,6,8,16H,3-5,7H2,(H2,15,19)(H,17,18). The Labute approximate surface area is 110 Å². The van der Waals surface area contributed by atoms with E-state index in [1.54, 1.807) is 0 Å². The molecule has 2 rings (SSSR count). The molecule has 1 saturated heterocycles. The molecule has 1 fully saturated rings. The highest BCUT2D eigenvalue weighted by Crippen LogP contribution is 2.17. The van der Waals surface area contributed by atoms with Crippen molar-refractivity contribution in [3.05, 3.63) is 29.6 Å². The summed E-state index contributed by atoms with van der Waals surface area (Å²) in [5.41, 5.74) is 5.21. The predicted molar refractivity (Wildman–Crippen MR) is 69.1 cm³/mol. The topological polar surface area (TPSA) is 84.2 Å². The van der Waals surface area contributed by atoms with E-state index < -0.39 is 11.7 Å². The molecule has 0 aliphatic carbocycles. The van der Waals surface area contributed by atoms with Gasteiger partial charge in [0.15, 0.2) is 0 Å². The van der Waals surface area contributed by atoms with E-state index in [1.165, 1.54) is 12.1 Å². The van der Waals surface area contributed by atoms with Crippen LogP contribution < -0.4 is 16.4 Å². The lowest BCUT2D eigenvalue weighted by Crippen LogP contribution is -2.19. The molecular formula is C13H16FN3O2. The molecule has 2 amide bonds. The van der Waals surface area contributed by atoms with Gasteiger partial charge in [-0.2, -0.15) is 0 Å². The van der Waals surface area contributed by atoms with Crippen LogP contribution in [0.1, 0.15) is 23.2 Å². The molecule has 1 aliphatic rings. The zero-order valence-corrected chi connectivity index (χ0v) is 10.4. The monoisotopic (exact) mass is 265 g/mol. The van der Waals surface area contributed by atoms with Gasteiger partial charge in [-0.1, -0.05) is 0 Å². The zero-order chi connectivity index (χ0) is 13.8. The number of halogens is 1. The fraction of sp³-hybridized carbons (Fsp3) is 0.385. The van der Waals surface area contributed by atoms with Crippen LogP contribution >= 0.6 is 0 Å². The molecule has 1 atom stereocenters. The Balaban J connectivity index is 2.00.